The number of aromatic nitrogens is 1. The SMILES string of the molecule is CC1(C)CC(Oc2ccc(C(F)(F)F)cc2Cl)c2ccc(S(=O)(=O)Nc3nccs3)cc2O1. The lowest BCUT2D eigenvalue weighted by Crippen LogP contribution is -2.36. The highest BCUT2D eigenvalue weighted by Crippen LogP contribution is 2.44. The molecule has 0 fully saturated rings. The molecule has 4 rings (SSSR count). The van der Waals surface area contributed by atoms with E-state index >= 15 is 0 Å². The van der Waals surface area contributed by atoms with Crippen LogP contribution in [0.2, 0.25) is 5.02 Å². The number of sulfonamides is 1. The zero-order valence-corrected chi connectivity index (χ0v) is 19.7. The van der Waals surface area contributed by atoms with Crippen molar-refractivity contribution < 1.29 is 31.1 Å². The van der Waals surface area contributed by atoms with E-state index in [1.54, 1.807) is 25.3 Å². The average Bonchev–Trinajstić information content (AvgIpc) is 3.19. The van der Waals surface area contributed by atoms with Crippen LogP contribution in [0, 0.1) is 0 Å². The van der Waals surface area contributed by atoms with Crippen molar-refractivity contribution in [1.82, 2.24) is 4.98 Å². The smallest absolute Gasteiger partial charge is 0.416 e. The quantitative estimate of drug-likeness (QED) is 0.429. The fraction of sp³-hybridized carbons (Fsp3) is 0.286. The minimum Gasteiger partial charge on any atom is -0.487 e. The molecule has 1 aliphatic heterocycles. The van der Waals surface area contributed by atoms with Gasteiger partial charge in [-0.05, 0) is 38.1 Å². The zero-order chi connectivity index (χ0) is 24.0. The second-order valence-corrected chi connectivity index (χ2v) is 10.9. The second kappa shape index (κ2) is 8.37. The van der Waals surface area contributed by atoms with Gasteiger partial charge in [0.2, 0.25) is 0 Å². The van der Waals surface area contributed by atoms with Gasteiger partial charge in [-0.2, -0.15) is 13.2 Å². The van der Waals surface area contributed by atoms with E-state index in [-0.39, 0.29) is 20.8 Å². The first-order valence-corrected chi connectivity index (χ1v) is 12.4. The van der Waals surface area contributed by atoms with Crippen LogP contribution in [0.15, 0.2) is 52.9 Å². The number of hydrogen-bond donors (Lipinski definition) is 1. The topological polar surface area (TPSA) is 77.5 Å². The fourth-order valence-corrected chi connectivity index (χ4v) is 5.44. The van der Waals surface area contributed by atoms with Gasteiger partial charge in [0.1, 0.15) is 23.2 Å². The number of halogens is 4. The van der Waals surface area contributed by atoms with Crippen molar-refractivity contribution in [3.8, 4) is 11.5 Å². The van der Waals surface area contributed by atoms with Crippen LogP contribution in [0.4, 0.5) is 18.3 Å². The highest BCUT2D eigenvalue weighted by Gasteiger charge is 2.37. The molecule has 2 heterocycles. The van der Waals surface area contributed by atoms with Gasteiger partial charge in [-0.25, -0.2) is 13.4 Å². The van der Waals surface area contributed by atoms with Crippen molar-refractivity contribution in [2.24, 2.45) is 0 Å². The van der Waals surface area contributed by atoms with E-state index in [1.807, 2.05) is 0 Å². The Hall–Kier alpha value is -2.50. The third-order valence-electron chi connectivity index (χ3n) is 4.89. The van der Waals surface area contributed by atoms with Gasteiger partial charge < -0.3 is 9.47 Å². The van der Waals surface area contributed by atoms with Gasteiger partial charge in [0, 0.05) is 29.6 Å². The van der Waals surface area contributed by atoms with E-state index in [0.717, 1.165) is 23.5 Å². The van der Waals surface area contributed by atoms with Crippen molar-refractivity contribution in [2.45, 2.75) is 43.0 Å². The van der Waals surface area contributed by atoms with Gasteiger partial charge in [0.15, 0.2) is 5.13 Å². The van der Waals surface area contributed by atoms with E-state index < -0.39 is 33.5 Å². The van der Waals surface area contributed by atoms with Crippen LogP contribution in [0.25, 0.3) is 0 Å². The summed E-state index contributed by atoms with van der Waals surface area (Å²) in [6, 6.07) is 7.22. The third-order valence-corrected chi connectivity index (χ3v) is 7.34. The molecule has 1 atom stereocenters. The van der Waals surface area contributed by atoms with E-state index in [1.165, 1.54) is 24.4 Å². The summed E-state index contributed by atoms with van der Waals surface area (Å²) in [4.78, 5) is 3.89. The highest BCUT2D eigenvalue weighted by molar-refractivity contribution is 7.93. The standard InChI is InChI=1S/C21H18ClF3N2O4S2/c1-20(2)11-18(30-16-6-3-12(9-15(16)22)21(23,24)25)14-5-4-13(10-17(14)31-20)33(28,29)27-19-26-7-8-32-19/h3-10,18H,11H2,1-2H3,(H,26,27). The average molecular weight is 519 g/mol. The monoisotopic (exact) mass is 518 g/mol. The summed E-state index contributed by atoms with van der Waals surface area (Å²) < 4.78 is 78.6. The molecule has 33 heavy (non-hydrogen) atoms. The summed E-state index contributed by atoms with van der Waals surface area (Å²) in [6.07, 6.45) is -3.30. The molecule has 1 unspecified atom stereocenters. The second-order valence-electron chi connectivity index (χ2n) is 7.96. The van der Waals surface area contributed by atoms with Crippen LogP contribution in [-0.2, 0) is 16.2 Å². The van der Waals surface area contributed by atoms with Crippen LogP contribution in [0.5, 0.6) is 11.5 Å². The van der Waals surface area contributed by atoms with Crippen molar-refractivity contribution in [3.63, 3.8) is 0 Å². The first kappa shape index (κ1) is 23.7. The molecular formula is C21H18ClF3N2O4S2. The number of alkyl halides is 3. The highest BCUT2D eigenvalue weighted by atomic mass is 35.5. The van der Waals surface area contributed by atoms with Gasteiger partial charge in [-0.1, -0.05) is 17.7 Å². The van der Waals surface area contributed by atoms with Gasteiger partial charge >= 0.3 is 6.18 Å². The minimum absolute atomic E-state index is 0.0273. The number of anilines is 1. The molecule has 1 aliphatic rings. The van der Waals surface area contributed by atoms with Crippen LogP contribution < -0.4 is 14.2 Å². The van der Waals surface area contributed by atoms with E-state index in [9.17, 15) is 21.6 Å². The summed E-state index contributed by atoms with van der Waals surface area (Å²) in [5, 5.41) is 1.69. The zero-order valence-electron chi connectivity index (χ0n) is 17.3. The first-order valence-electron chi connectivity index (χ1n) is 9.63. The van der Waals surface area contributed by atoms with Gasteiger partial charge in [-0.3, -0.25) is 4.72 Å². The number of rotatable bonds is 5. The number of thiazole rings is 1. The fourth-order valence-electron chi connectivity index (χ4n) is 3.41. The molecule has 176 valence electrons. The van der Waals surface area contributed by atoms with Crippen LogP contribution >= 0.6 is 22.9 Å². The summed E-state index contributed by atoms with van der Waals surface area (Å²) in [5.74, 6) is 0.377. The maximum absolute atomic E-state index is 12.9. The molecule has 0 saturated carbocycles. The minimum atomic E-state index is -4.52. The largest absolute Gasteiger partial charge is 0.487 e. The van der Waals surface area contributed by atoms with Crippen molar-refractivity contribution in [3.05, 3.63) is 64.1 Å². The summed E-state index contributed by atoms with van der Waals surface area (Å²) in [7, 11) is -3.91. The molecule has 0 radical (unpaired) electrons. The van der Waals surface area contributed by atoms with Crippen LogP contribution in [0.3, 0.4) is 0 Å². The van der Waals surface area contributed by atoms with Gasteiger partial charge in [-0.15, -0.1) is 11.3 Å². The van der Waals surface area contributed by atoms with Gasteiger partial charge in [0.25, 0.3) is 10.0 Å². The third kappa shape index (κ3) is 5.20. The molecular weight excluding hydrogens is 501 g/mol. The molecule has 6 nitrogen and oxygen atoms in total. The predicted octanol–water partition coefficient (Wildman–Crippen LogP) is 6.30. The van der Waals surface area contributed by atoms with Crippen LogP contribution in [0.1, 0.15) is 37.5 Å². The number of fused-ring (bicyclic) bond motifs is 1. The lowest BCUT2D eigenvalue weighted by Gasteiger charge is -2.37. The van der Waals surface area contributed by atoms with E-state index in [2.05, 4.69) is 9.71 Å². The Balaban J connectivity index is 1.65. The van der Waals surface area contributed by atoms with Crippen molar-refractivity contribution in [1.29, 1.82) is 0 Å². The maximum atomic E-state index is 12.9. The summed E-state index contributed by atoms with van der Waals surface area (Å²) >= 11 is 7.20. The molecule has 0 aliphatic carbocycles. The Morgan fingerprint density at radius 1 is 1.24 bits per heavy atom. The Kier molecular flexibility index (Phi) is 6.00. The summed E-state index contributed by atoms with van der Waals surface area (Å²) in [5.41, 5.74) is -1.06. The van der Waals surface area contributed by atoms with Crippen molar-refractivity contribution in [2.75, 3.05) is 4.72 Å². The van der Waals surface area contributed by atoms with Gasteiger partial charge in [0.05, 0.1) is 15.5 Å². The Morgan fingerprint density at radius 3 is 2.64 bits per heavy atom. The number of nitrogens with zero attached hydrogens (tertiary/aromatic N) is 1. The van der Waals surface area contributed by atoms with E-state index in [0.29, 0.717) is 17.7 Å². The van der Waals surface area contributed by atoms with E-state index in [4.69, 9.17) is 21.1 Å². The number of hydrogen-bond acceptors (Lipinski definition) is 6. The lowest BCUT2D eigenvalue weighted by molar-refractivity contribution is -0.137. The first-order chi connectivity index (χ1) is 15.3. The normalized spacial score (nSPS) is 17.7. The Labute approximate surface area is 197 Å². The molecule has 1 aromatic heterocycles. The molecule has 2 aromatic carbocycles. The molecule has 12 heteroatoms. The molecule has 3 aromatic rings. The molecule has 0 bridgehead atoms. The number of benzene rings is 2. The number of ether oxygens (including phenoxy) is 2. The summed E-state index contributed by atoms with van der Waals surface area (Å²) in [6.45, 7) is 3.60. The number of nitrogens with one attached hydrogen (secondary N) is 1. The maximum Gasteiger partial charge on any atom is 0.416 e. The Bertz CT molecular complexity index is 1280. The Morgan fingerprint density at radius 2 is 2.00 bits per heavy atom. The van der Waals surface area contributed by atoms with Crippen LogP contribution in [-0.4, -0.2) is 19.0 Å². The predicted molar refractivity (Wildman–Crippen MR) is 119 cm³/mol. The molecule has 0 amide bonds. The lowest BCUT2D eigenvalue weighted by atomic mass is 9.91. The molecule has 0 saturated heterocycles. The molecule has 0 spiro atoms. The van der Waals surface area contributed by atoms with Crippen molar-refractivity contribution >= 4 is 38.1 Å². The molecule has 1 N–H and O–H groups in total.